The van der Waals surface area contributed by atoms with Crippen LogP contribution in [0.3, 0.4) is 0 Å². The lowest BCUT2D eigenvalue weighted by Crippen LogP contribution is -2.50. The van der Waals surface area contributed by atoms with E-state index in [2.05, 4.69) is 39.2 Å². The van der Waals surface area contributed by atoms with E-state index in [-0.39, 0.29) is 17.2 Å². The quantitative estimate of drug-likeness (QED) is 0.649. The molecule has 1 aliphatic heterocycles. The number of fused-ring (bicyclic) bond motifs is 1. The van der Waals surface area contributed by atoms with Crippen LogP contribution in [0.15, 0.2) is 54.9 Å². The number of carbonyl (C=O) groups is 1. The summed E-state index contributed by atoms with van der Waals surface area (Å²) in [4.78, 5) is 20.4. The second kappa shape index (κ2) is 8.79. The SMILES string of the molecule is O=C(N1CCOC[C@H](Cc2ccc3nccn3n2)C1)C1(c2ccccc2)CCCCC1. The number of benzene rings is 1. The molecular formula is C25H30N4O2. The van der Waals surface area contributed by atoms with Crippen LogP contribution in [-0.2, 0) is 21.4 Å². The van der Waals surface area contributed by atoms with Crippen molar-refractivity contribution in [3.8, 4) is 0 Å². The zero-order chi connectivity index (χ0) is 21.1. The first-order valence-corrected chi connectivity index (χ1v) is 11.5. The summed E-state index contributed by atoms with van der Waals surface area (Å²) in [6, 6.07) is 14.5. The molecule has 6 heteroatoms. The third kappa shape index (κ3) is 4.09. The van der Waals surface area contributed by atoms with E-state index in [4.69, 9.17) is 4.74 Å². The van der Waals surface area contributed by atoms with Gasteiger partial charge in [-0.15, -0.1) is 0 Å². The Kier molecular flexibility index (Phi) is 5.72. The number of hydrogen-bond donors (Lipinski definition) is 0. The number of aromatic nitrogens is 3. The molecule has 31 heavy (non-hydrogen) atoms. The number of hydrogen-bond acceptors (Lipinski definition) is 4. The van der Waals surface area contributed by atoms with Crippen molar-refractivity contribution < 1.29 is 9.53 Å². The molecule has 1 atom stereocenters. The molecule has 0 unspecified atom stereocenters. The standard InChI is InChI=1S/C25H30N4O2/c30-24(25(11-5-2-6-12-25)21-7-3-1-4-8-21)28-15-16-31-19-20(18-28)17-22-9-10-23-26-13-14-29(23)27-22/h1,3-4,7-10,13-14,20H,2,5-6,11-12,15-19H2/t20-/m1/s1. The van der Waals surface area contributed by atoms with Gasteiger partial charge in [-0.2, -0.15) is 5.10 Å². The van der Waals surface area contributed by atoms with Crippen molar-refractivity contribution in [3.63, 3.8) is 0 Å². The van der Waals surface area contributed by atoms with Gasteiger partial charge in [-0.25, -0.2) is 9.50 Å². The van der Waals surface area contributed by atoms with Gasteiger partial charge in [-0.1, -0.05) is 49.6 Å². The minimum absolute atomic E-state index is 0.233. The van der Waals surface area contributed by atoms with Crippen LogP contribution in [0.2, 0.25) is 0 Å². The fraction of sp³-hybridized carbons (Fsp3) is 0.480. The van der Waals surface area contributed by atoms with Gasteiger partial charge >= 0.3 is 0 Å². The monoisotopic (exact) mass is 418 g/mol. The molecule has 2 aromatic heterocycles. The van der Waals surface area contributed by atoms with Crippen LogP contribution in [0.25, 0.3) is 5.65 Å². The molecule has 1 saturated heterocycles. The van der Waals surface area contributed by atoms with Gasteiger partial charge in [-0.05, 0) is 37.0 Å². The summed E-state index contributed by atoms with van der Waals surface area (Å²) in [6.45, 7) is 2.64. The normalized spacial score (nSPS) is 21.7. The van der Waals surface area contributed by atoms with E-state index in [9.17, 15) is 4.79 Å². The molecule has 1 aromatic carbocycles. The second-order valence-corrected chi connectivity index (χ2v) is 8.96. The molecule has 2 aliphatic rings. The molecule has 0 bridgehead atoms. The van der Waals surface area contributed by atoms with Gasteiger partial charge in [0.05, 0.1) is 24.3 Å². The zero-order valence-electron chi connectivity index (χ0n) is 17.9. The topological polar surface area (TPSA) is 59.7 Å². The fourth-order valence-electron chi connectivity index (χ4n) is 5.29. The number of imidazole rings is 1. The lowest BCUT2D eigenvalue weighted by Gasteiger charge is -2.40. The van der Waals surface area contributed by atoms with Gasteiger partial charge in [0.1, 0.15) is 0 Å². The van der Waals surface area contributed by atoms with Crippen molar-refractivity contribution in [2.24, 2.45) is 5.92 Å². The van der Waals surface area contributed by atoms with Gasteiger partial charge in [0.15, 0.2) is 5.65 Å². The van der Waals surface area contributed by atoms with Crippen molar-refractivity contribution >= 4 is 11.6 Å². The zero-order valence-corrected chi connectivity index (χ0v) is 17.9. The Morgan fingerprint density at radius 3 is 2.77 bits per heavy atom. The summed E-state index contributed by atoms with van der Waals surface area (Å²) >= 11 is 0. The minimum Gasteiger partial charge on any atom is -0.379 e. The van der Waals surface area contributed by atoms with Gasteiger partial charge in [0.25, 0.3) is 0 Å². The molecular weight excluding hydrogens is 388 g/mol. The second-order valence-electron chi connectivity index (χ2n) is 8.96. The Morgan fingerprint density at radius 2 is 1.94 bits per heavy atom. The Bertz CT molecular complexity index is 1030. The summed E-state index contributed by atoms with van der Waals surface area (Å²) in [5.74, 6) is 0.517. The van der Waals surface area contributed by atoms with Crippen LogP contribution in [0.5, 0.6) is 0 Å². The highest BCUT2D eigenvalue weighted by Crippen LogP contribution is 2.41. The smallest absolute Gasteiger partial charge is 0.233 e. The lowest BCUT2D eigenvalue weighted by molar-refractivity contribution is -0.139. The van der Waals surface area contributed by atoms with Gasteiger partial charge < -0.3 is 9.64 Å². The summed E-state index contributed by atoms with van der Waals surface area (Å²) in [7, 11) is 0. The highest BCUT2D eigenvalue weighted by Gasteiger charge is 2.44. The Hall–Kier alpha value is -2.73. The maximum atomic E-state index is 14.0. The molecule has 5 rings (SSSR count). The number of amides is 1. The first-order chi connectivity index (χ1) is 15.2. The van der Waals surface area contributed by atoms with Crippen LogP contribution in [0.4, 0.5) is 0 Å². The lowest BCUT2D eigenvalue weighted by atomic mass is 9.68. The number of ether oxygens (including phenoxy) is 1. The third-order valence-corrected chi connectivity index (χ3v) is 6.88. The molecule has 3 heterocycles. The van der Waals surface area contributed by atoms with E-state index in [0.29, 0.717) is 19.8 Å². The molecule has 2 fully saturated rings. The van der Waals surface area contributed by atoms with Crippen molar-refractivity contribution in [3.05, 3.63) is 66.1 Å². The van der Waals surface area contributed by atoms with E-state index < -0.39 is 0 Å². The third-order valence-electron chi connectivity index (χ3n) is 6.88. The van der Waals surface area contributed by atoms with Crippen LogP contribution in [0, 0.1) is 5.92 Å². The van der Waals surface area contributed by atoms with Gasteiger partial charge in [0, 0.05) is 31.4 Å². The largest absolute Gasteiger partial charge is 0.379 e. The van der Waals surface area contributed by atoms with Crippen LogP contribution >= 0.6 is 0 Å². The van der Waals surface area contributed by atoms with Gasteiger partial charge in [-0.3, -0.25) is 4.79 Å². The van der Waals surface area contributed by atoms with Crippen molar-refractivity contribution in [2.45, 2.75) is 43.9 Å². The number of rotatable bonds is 4. The maximum absolute atomic E-state index is 14.0. The average molecular weight is 419 g/mol. The summed E-state index contributed by atoms with van der Waals surface area (Å²) < 4.78 is 7.73. The van der Waals surface area contributed by atoms with Crippen LogP contribution in [-0.4, -0.2) is 51.7 Å². The van der Waals surface area contributed by atoms with Gasteiger partial charge in [0.2, 0.25) is 5.91 Å². The molecule has 0 spiro atoms. The minimum atomic E-state index is -0.387. The molecule has 0 radical (unpaired) electrons. The molecule has 6 nitrogen and oxygen atoms in total. The molecule has 1 amide bonds. The van der Waals surface area contributed by atoms with Crippen molar-refractivity contribution in [1.29, 1.82) is 0 Å². The molecule has 1 aliphatic carbocycles. The maximum Gasteiger partial charge on any atom is 0.233 e. The molecule has 1 saturated carbocycles. The number of nitrogens with zero attached hydrogens (tertiary/aromatic N) is 4. The fourth-order valence-corrected chi connectivity index (χ4v) is 5.29. The average Bonchev–Trinajstić information content (AvgIpc) is 3.17. The van der Waals surface area contributed by atoms with E-state index in [1.807, 2.05) is 28.9 Å². The predicted octanol–water partition coefficient (Wildman–Crippen LogP) is 3.65. The van der Waals surface area contributed by atoms with E-state index in [0.717, 1.165) is 50.0 Å². The number of carbonyl (C=O) groups excluding carboxylic acids is 1. The van der Waals surface area contributed by atoms with Crippen molar-refractivity contribution in [2.75, 3.05) is 26.3 Å². The van der Waals surface area contributed by atoms with E-state index >= 15 is 0 Å². The van der Waals surface area contributed by atoms with Crippen LogP contribution in [0.1, 0.15) is 43.4 Å². The molecule has 0 N–H and O–H groups in total. The first-order valence-electron chi connectivity index (χ1n) is 11.5. The Morgan fingerprint density at radius 1 is 1.10 bits per heavy atom. The highest BCUT2D eigenvalue weighted by atomic mass is 16.5. The van der Waals surface area contributed by atoms with E-state index in [1.54, 1.807) is 6.20 Å². The molecule has 162 valence electrons. The molecule has 3 aromatic rings. The van der Waals surface area contributed by atoms with Crippen LogP contribution < -0.4 is 0 Å². The Labute approximate surface area is 183 Å². The summed E-state index contributed by atoms with van der Waals surface area (Å²) in [5.41, 5.74) is 2.64. The van der Waals surface area contributed by atoms with E-state index in [1.165, 1.54) is 12.0 Å². The summed E-state index contributed by atoms with van der Waals surface area (Å²) in [5, 5.41) is 4.68. The first kappa shape index (κ1) is 20.2. The predicted molar refractivity (Wildman–Crippen MR) is 119 cm³/mol. The highest BCUT2D eigenvalue weighted by molar-refractivity contribution is 5.88. The Balaban J connectivity index is 1.37. The van der Waals surface area contributed by atoms with Crippen molar-refractivity contribution in [1.82, 2.24) is 19.5 Å². The summed E-state index contributed by atoms with van der Waals surface area (Å²) in [6.07, 6.45) is 9.74.